The quantitative estimate of drug-likeness (QED) is 0.874. The predicted octanol–water partition coefficient (Wildman–Crippen LogP) is 2.58. The lowest BCUT2D eigenvalue weighted by Gasteiger charge is -2.11. The lowest BCUT2D eigenvalue weighted by Crippen LogP contribution is -2.17. The van der Waals surface area contributed by atoms with Crippen LogP contribution < -0.4 is 10.1 Å². The zero-order valence-electron chi connectivity index (χ0n) is 10.2. The van der Waals surface area contributed by atoms with E-state index in [1.807, 2.05) is 0 Å². The number of carbonyl (C=O) groups excluding carboxylic acids is 1. The van der Waals surface area contributed by atoms with Crippen LogP contribution in [0.2, 0.25) is 0 Å². The molecule has 0 spiro atoms. The minimum Gasteiger partial charge on any atom is -0.495 e. The van der Waals surface area contributed by atoms with Gasteiger partial charge in [-0.3, -0.25) is 4.79 Å². The number of carboxylic acid groups (broad SMARTS) is 1. The topological polar surface area (TPSA) is 75.6 Å². The highest BCUT2D eigenvalue weighted by Crippen LogP contribution is 2.31. The van der Waals surface area contributed by atoms with E-state index in [4.69, 9.17) is 9.84 Å². The number of ether oxygens (including phenoxy) is 1. The first kappa shape index (κ1) is 16.2. The first-order chi connectivity index (χ1) is 9.23. The molecule has 0 aliphatic carbocycles. The van der Waals surface area contributed by atoms with Gasteiger partial charge in [0.25, 0.3) is 0 Å². The summed E-state index contributed by atoms with van der Waals surface area (Å²) in [5.74, 6) is -2.80. The molecule has 0 unspecified atom stereocenters. The number of nitrogens with one attached hydrogen (secondary N) is 1. The van der Waals surface area contributed by atoms with Crippen LogP contribution in [0.15, 0.2) is 18.2 Å². The molecule has 110 valence electrons. The van der Waals surface area contributed by atoms with Crippen molar-refractivity contribution in [3.63, 3.8) is 0 Å². The second-order valence-electron chi connectivity index (χ2n) is 3.50. The molecule has 20 heavy (non-hydrogen) atoms. The Labute approximate surface area is 116 Å². The van der Waals surface area contributed by atoms with E-state index in [0.29, 0.717) is 0 Å². The molecule has 0 heterocycles. The number of anilines is 1. The Morgan fingerprint density at radius 2 is 2.05 bits per heavy atom. The maximum atomic E-state index is 11.9. The summed E-state index contributed by atoms with van der Waals surface area (Å²) in [6.07, 6.45) is 0. The van der Waals surface area contributed by atoms with Crippen molar-refractivity contribution in [3.8, 4) is 5.75 Å². The number of methoxy groups -OCH3 is 1. The van der Waals surface area contributed by atoms with Gasteiger partial charge in [-0.1, -0.05) is 0 Å². The Balaban J connectivity index is 2.77. The fraction of sp³-hybridized carbons (Fsp3) is 0.273. The normalized spacial score (nSPS) is 11.0. The number of rotatable bonds is 5. The monoisotopic (exact) mass is 309 g/mol. The molecule has 0 radical (unpaired) electrons. The van der Waals surface area contributed by atoms with Crippen LogP contribution in [0.1, 0.15) is 10.4 Å². The smallest absolute Gasteiger partial charge is 0.442 e. The molecule has 0 aliphatic heterocycles. The Hall–Kier alpha value is -1.90. The number of amides is 1. The van der Waals surface area contributed by atoms with Gasteiger partial charge in [-0.15, -0.1) is 0 Å². The van der Waals surface area contributed by atoms with Crippen LogP contribution in [0.4, 0.5) is 18.9 Å². The minimum atomic E-state index is -4.49. The summed E-state index contributed by atoms with van der Waals surface area (Å²) in [6.45, 7) is 0. The Morgan fingerprint density at radius 1 is 1.40 bits per heavy atom. The largest absolute Gasteiger partial charge is 0.495 e. The molecule has 1 amide bonds. The predicted molar refractivity (Wildman–Crippen MR) is 67.1 cm³/mol. The minimum absolute atomic E-state index is 0.0512. The van der Waals surface area contributed by atoms with Crippen LogP contribution in [-0.2, 0) is 4.79 Å². The molecule has 1 aromatic carbocycles. The maximum absolute atomic E-state index is 11.9. The SMILES string of the molecule is COc1cc(C(=O)O)ccc1NC(=O)CSC(F)(F)F. The molecule has 2 N–H and O–H groups in total. The molecular formula is C11H10F3NO4S. The number of alkyl halides is 3. The highest BCUT2D eigenvalue weighted by Gasteiger charge is 2.29. The van der Waals surface area contributed by atoms with Crippen molar-refractivity contribution in [2.45, 2.75) is 5.51 Å². The van der Waals surface area contributed by atoms with Gasteiger partial charge in [0.1, 0.15) is 5.75 Å². The number of thioether (sulfide) groups is 1. The van der Waals surface area contributed by atoms with Gasteiger partial charge in [0.2, 0.25) is 5.91 Å². The summed E-state index contributed by atoms with van der Waals surface area (Å²) >= 11 is -0.465. The second-order valence-corrected chi connectivity index (χ2v) is 4.54. The maximum Gasteiger partial charge on any atom is 0.442 e. The number of hydrogen-bond donors (Lipinski definition) is 2. The van der Waals surface area contributed by atoms with Gasteiger partial charge in [0, 0.05) is 0 Å². The van der Waals surface area contributed by atoms with Crippen LogP contribution in [0, 0.1) is 0 Å². The van der Waals surface area contributed by atoms with Gasteiger partial charge in [0.15, 0.2) is 0 Å². The van der Waals surface area contributed by atoms with Gasteiger partial charge in [-0.25, -0.2) is 4.79 Å². The lowest BCUT2D eigenvalue weighted by molar-refractivity contribution is -0.114. The second kappa shape index (κ2) is 6.51. The number of carboxylic acids is 1. The zero-order valence-corrected chi connectivity index (χ0v) is 11.0. The molecule has 0 aromatic heterocycles. The molecule has 1 aromatic rings. The van der Waals surface area contributed by atoms with Crippen LogP contribution in [0.25, 0.3) is 0 Å². The molecule has 1 rings (SSSR count). The van der Waals surface area contributed by atoms with Gasteiger partial charge in [-0.05, 0) is 30.0 Å². The first-order valence-electron chi connectivity index (χ1n) is 5.15. The average molecular weight is 309 g/mol. The first-order valence-corrected chi connectivity index (χ1v) is 6.13. The summed E-state index contributed by atoms with van der Waals surface area (Å²) in [7, 11) is 1.25. The molecule has 0 fully saturated rings. The fourth-order valence-corrected chi connectivity index (χ4v) is 1.63. The molecule has 0 saturated heterocycles. The fourth-order valence-electron chi connectivity index (χ4n) is 1.26. The van der Waals surface area contributed by atoms with Crippen molar-refractivity contribution in [1.82, 2.24) is 0 Å². The number of hydrogen-bond acceptors (Lipinski definition) is 4. The van der Waals surface area contributed by atoms with E-state index in [1.54, 1.807) is 0 Å². The summed E-state index contributed by atoms with van der Waals surface area (Å²) in [6, 6.07) is 3.62. The molecule has 5 nitrogen and oxygen atoms in total. The highest BCUT2D eigenvalue weighted by atomic mass is 32.2. The third-order valence-electron chi connectivity index (χ3n) is 2.09. The third-order valence-corrected chi connectivity index (χ3v) is 2.82. The molecule has 0 aliphatic rings. The summed E-state index contributed by atoms with van der Waals surface area (Å²) in [5, 5.41) is 11.0. The summed E-state index contributed by atoms with van der Waals surface area (Å²) in [4.78, 5) is 22.1. The molecular weight excluding hydrogens is 299 g/mol. The molecule has 9 heteroatoms. The Bertz CT molecular complexity index is 519. The third kappa shape index (κ3) is 5.00. The van der Waals surface area contributed by atoms with Crippen LogP contribution in [-0.4, -0.2) is 35.4 Å². The van der Waals surface area contributed by atoms with Crippen LogP contribution in [0.5, 0.6) is 5.75 Å². The zero-order chi connectivity index (χ0) is 15.3. The highest BCUT2D eigenvalue weighted by molar-refractivity contribution is 8.00. The number of aromatic carboxylic acids is 1. The van der Waals surface area contributed by atoms with Gasteiger partial charge < -0.3 is 15.2 Å². The van der Waals surface area contributed by atoms with E-state index in [1.165, 1.54) is 19.2 Å². The van der Waals surface area contributed by atoms with Crippen molar-refractivity contribution < 1.29 is 32.6 Å². The van der Waals surface area contributed by atoms with Crippen molar-refractivity contribution >= 4 is 29.3 Å². The number of halogens is 3. The van der Waals surface area contributed by atoms with Gasteiger partial charge >= 0.3 is 11.5 Å². The number of benzene rings is 1. The van der Waals surface area contributed by atoms with Crippen molar-refractivity contribution in [3.05, 3.63) is 23.8 Å². The van der Waals surface area contributed by atoms with Gasteiger partial charge in [-0.2, -0.15) is 13.2 Å². The summed E-state index contributed by atoms with van der Waals surface area (Å²) < 4.78 is 40.7. The lowest BCUT2D eigenvalue weighted by atomic mass is 10.2. The van der Waals surface area contributed by atoms with Crippen molar-refractivity contribution in [2.24, 2.45) is 0 Å². The van der Waals surface area contributed by atoms with Crippen LogP contribution >= 0.6 is 11.8 Å². The van der Waals surface area contributed by atoms with E-state index < -0.39 is 34.9 Å². The standard InChI is InChI=1S/C11H10F3NO4S/c1-19-8-4-6(10(17)18)2-3-7(8)15-9(16)5-20-11(12,13)14/h2-4H,5H2,1H3,(H,15,16)(H,17,18). The molecule has 0 saturated carbocycles. The van der Waals surface area contributed by atoms with E-state index in [9.17, 15) is 22.8 Å². The van der Waals surface area contributed by atoms with Gasteiger partial charge in [0.05, 0.1) is 24.1 Å². The van der Waals surface area contributed by atoms with E-state index in [-0.39, 0.29) is 17.0 Å². The molecule has 0 bridgehead atoms. The average Bonchev–Trinajstić information content (AvgIpc) is 2.35. The van der Waals surface area contributed by atoms with Crippen molar-refractivity contribution in [1.29, 1.82) is 0 Å². The molecule has 0 atom stereocenters. The van der Waals surface area contributed by atoms with Crippen molar-refractivity contribution in [2.75, 3.05) is 18.2 Å². The van der Waals surface area contributed by atoms with E-state index in [2.05, 4.69) is 5.32 Å². The number of carbonyl (C=O) groups is 2. The summed E-state index contributed by atoms with van der Waals surface area (Å²) in [5.41, 5.74) is -4.45. The van der Waals surface area contributed by atoms with E-state index >= 15 is 0 Å². The van der Waals surface area contributed by atoms with E-state index in [0.717, 1.165) is 6.07 Å². The van der Waals surface area contributed by atoms with Crippen LogP contribution in [0.3, 0.4) is 0 Å². The Morgan fingerprint density at radius 3 is 2.55 bits per heavy atom. The Kier molecular flexibility index (Phi) is 5.26.